The van der Waals surface area contributed by atoms with Crippen LogP contribution in [0.3, 0.4) is 0 Å². The zero-order valence-corrected chi connectivity index (χ0v) is 8.30. The molecule has 0 aromatic heterocycles. The second-order valence-electron chi connectivity index (χ2n) is 3.02. The van der Waals surface area contributed by atoms with Gasteiger partial charge in [0.15, 0.2) is 0 Å². The third-order valence-corrected chi connectivity index (χ3v) is 1.57. The average Bonchev–Trinajstić information content (AvgIpc) is 2.00. The summed E-state index contributed by atoms with van der Waals surface area (Å²) in [6, 6.07) is -0.588. The maximum atomic E-state index is 11.8. The first-order valence-corrected chi connectivity index (χ1v) is 4.35. The van der Waals surface area contributed by atoms with Gasteiger partial charge in [-0.05, 0) is 6.42 Å². The third kappa shape index (κ3) is 8.19. The average molecular weight is 229 g/mol. The molecule has 0 saturated heterocycles. The van der Waals surface area contributed by atoms with E-state index in [1.807, 2.05) is 0 Å². The van der Waals surface area contributed by atoms with Gasteiger partial charge in [0.05, 0.1) is 12.6 Å². The van der Waals surface area contributed by atoms with E-state index in [9.17, 15) is 18.0 Å². The van der Waals surface area contributed by atoms with Crippen molar-refractivity contribution in [2.75, 3.05) is 20.3 Å². The summed E-state index contributed by atoms with van der Waals surface area (Å²) in [5.74, 6) is -1.11. The van der Waals surface area contributed by atoms with Crippen molar-refractivity contribution in [3.63, 3.8) is 0 Å². The molecule has 0 aliphatic rings. The van der Waals surface area contributed by atoms with Crippen LogP contribution in [0.4, 0.5) is 13.2 Å². The minimum Gasteiger partial charge on any atom is -0.396 e. The van der Waals surface area contributed by atoms with Gasteiger partial charge in [-0.1, -0.05) is 0 Å². The number of nitrogens with one attached hydrogen (secondary N) is 1. The van der Waals surface area contributed by atoms with E-state index in [1.165, 1.54) is 7.11 Å². The van der Waals surface area contributed by atoms with Crippen molar-refractivity contribution in [1.29, 1.82) is 0 Å². The molecule has 0 spiro atoms. The van der Waals surface area contributed by atoms with Gasteiger partial charge in [0, 0.05) is 13.7 Å². The Labute approximate surface area is 85.4 Å². The maximum absolute atomic E-state index is 11.8. The van der Waals surface area contributed by atoms with Crippen LogP contribution in [-0.4, -0.2) is 43.6 Å². The number of carbonyl (C=O) groups is 1. The van der Waals surface area contributed by atoms with Crippen LogP contribution in [-0.2, 0) is 9.53 Å². The highest BCUT2D eigenvalue weighted by Crippen LogP contribution is 2.19. The fourth-order valence-corrected chi connectivity index (χ4v) is 1.01. The smallest absolute Gasteiger partial charge is 0.396 e. The molecule has 90 valence electrons. The number of methoxy groups -OCH3 is 1. The number of ether oxygens (including phenoxy) is 1. The number of hydrogen-bond donors (Lipinski definition) is 2. The Hall–Kier alpha value is -0.820. The molecule has 0 saturated carbocycles. The molecule has 0 aliphatic carbocycles. The molecule has 0 fully saturated rings. The first-order valence-electron chi connectivity index (χ1n) is 4.35. The van der Waals surface area contributed by atoms with Crippen molar-refractivity contribution in [3.05, 3.63) is 0 Å². The Morgan fingerprint density at radius 1 is 1.53 bits per heavy atom. The lowest BCUT2D eigenvalue weighted by atomic mass is 10.2. The van der Waals surface area contributed by atoms with Crippen molar-refractivity contribution < 1.29 is 27.8 Å². The quantitative estimate of drug-likeness (QED) is 0.695. The Kier molecular flexibility index (Phi) is 6.26. The summed E-state index contributed by atoms with van der Waals surface area (Å²) in [5.41, 5.74) is 0. The number of aliphatic hydroxyl groups is 1. The van der Waals surface area contributed by atoms with E-state index in [0.717, 1.165) is 0 Å². The summed E-state index contributed by atoms with van der Waals surface area (Å²) < 4.78 is 40.0. The van der Waals surface area contributed by atoms with E-state index >= 15 is 0 Å². The van der Waals surface area contributed by atoms with Crippen LogP contribution in [0.25, 0.3) is 0 Å². The van der Waals surface area contributed by atoms with Gasteiger partial charge in [-0.15, -0.1) is 0 Å². The molecule has 0 heterocycles. The van der Waals surface area contributed by atoms with Crippen molar-refractivity contribution >= 4 is 5.91 Å². The Morgan fingerprint density at radius 2 is 2.13 bits per heavy atom. The lowest BCUT2D eigenvalue weighted by Crippen LogP contribution is -2.40. The van der Waals surface area contributed by atoms with Crippen LogP contribution >= 0.6 is 0 Å². The number of amides is 1. The zero-order chi connectivity index (χ0) is 11.9. The minimum absolute atomic E-state index is 0.0736. The van der Waals surface area contributed by atoms with E-state index < -0.39 is 24.5 Å². The van der Waals surface area contributed by atoms with Crippen LogP contribution in [0.2, 0.25) is 0 Å². The molecule has 0 aliphatic heterocycles. The van der Waals surface area contributed by atoms with Crippen molar-refractivity contribution in [1.82, 2.24) is 5.32 Å². The normalized spacial score (nSPS) is 13.7. The molecular weight excluding hydrogens is 215 g/mol. The highest BCUT2D eigenvalue weighted by Gasteiger charge is 2.31. The SMILES string of the molecule is COCC(CCO)NC(=O)CC(F)(F)F. The number of rotatable bonds is 6. The number of hydrogen-bond acceptors (Lipinski definition) is 3. The second-order valence-corrected chi connectivity index (χ2v) is 3.02. The molecule has 0 aromatic rings. The summed E-state index contributed by atoms with van der Waals surface area (Å²) in [6.45, 7) is -0.148. The Bertz CT molecular complexity index is 190. The fraction of sp³-hybridized carbons (Fsp3) is 0.875. The number of alkyl halides is 3. The first kappa shape index (κ1) is 14.2. The van der Waals surface area contributed by atoms with Crippen molar-refractivity contribution in [3.8, 4) is 0 Å². The molecule has 4 nitrogen and oxygen atoms in total. The predicted molar refractivity (Wildman–Crippen MR) is 46.2 cm³/mol. The van der Waals surface area contributed by atoms with E-state index in [4.69, 9.17) is 5.11 Å². The van der Waals surface area contributed by atoms with Gasteiger partial charge in [0.2, 0.25) is 5.91 Å². The second kappa shape index (κ2) is 6.62. The molecule has 0 radical (unpaired) electrons. The molecule has 1 atom stereocenters. The standard InChI is InChI=1S/C8H14F3NO3/c1-15-5-6(2-3-13)12-7(14)4-8(9,10)11/h6,13H,2-5H2,1H3,(H,12,14). The highest BCUT2D eigenvalue weighted by molar-refractivity contribution is 5.76. The number of halogens is 3. The predicted octanol–water partition coefficient (Wildman–Crippen LogP) is 0.452. The minimum atomic E-state index is -4.51. The summed E-state index contributed by atoms with van der Waals surface area (Å²) in [4.78, 5) is 10.9. The van der Waals surface area contributed by atoms with Crippen LogP contribution < -0.4 is 5.32 Å². The van der Waals surface area contributed by atoms with Crippen LogP contribution in [0.1, 0.15) is 12.8 Å². The zero-order valence-electron chi connectivity index (χ0n) is 8.30. The molecule has 0 bridgehead atoms. The monoisotopic (exact) mass is 229 g/mol. The van der Waals surface area contributed by atoms with E-state index in [-0.39, 0.29) is 19.6 Å². The van der Waals surface area contributed by atoms with Gasteiger partial charge < -0.3 is 15.2 Å². The van der Waals surface area contributed by atoms with E-state index in [2.05, 4.69) is 10.1 Å². The molecule has 1 amide bonds. The summed E-state index contributed by atoms with van der Waals surface area (Å²) in [5, 5.41) is 10.7. The van der Waals surface area contributed by atoms with Crippen LogP contribution in [0.15, 0.2) is 0 Å². The van der Waals surface area contributed by atoms with Crippen molar-refractivity contribution in [2.24, 2.45) is 0 Å². The molecule has 0 aromatic carbocycles. The topological polar surface area (TPSA) is 58.6 Å². The van der Waals surface area contributed by atoms with Gasteiger partial charge in [0.1, 0.15) is 6.42 Å². The molecule has 7 heteroatoms. The number of aliphatic hydroxyl groups excluding tert-OH is 1. The van der Waals surface area contributed by atoms with Gasteiger partial charge in [-0.3, -0.25) is 4.79 Å². The Morgan fingerprint density at radius 3 is 2.53 bits per heavy atom. The molecule has 15 heavy (non-hydrogen) atoms. The largest absolute Gasteiger partial charge is 0.397 e. The van der Waals surface area contributed by atoms with E-state index in [1.54, 1.807) is 0 Å². The van der Waals surface area contributed by atoms with Gasteiger partial charge in [0.25, 0.3) is 0 Å². The maximum Gasteiger partial charge on any atom is 0.397 e. The Balaban J connectivity index is 3.99. The van der Waals surface area contributed by atoms with Gasteiger partial charge in [-0.25, -0.2) is 0 Å². The summed E-state index contributed by atoms with van der Waals surface area (Å²) in [7, 11) is 1.36. The highest BCUT2D eigenvalue weighted by atomic mass is 19.4. The van der Waals surface area contributed by atoms with Gasteiger partial charge in [-0.2, -0.15) is 13.2 Å². The van der Waals surface area contributed by atoms with Gasteiger partial charge >= 0.3 is 6.18 Å². The third-order valence-electron chi connectivity index (χ3n) is 1.57. The first-order chi connectivity index (χ1) is 6.89. The molecule has 2 N–H and O–H groups in total. The van der Waals surface area contributed by atoms with Crippen molar-refractivity contribution in [2.45, 2.75) is 25.1 Å². The lowest BCUT2D eigenvalue weighted by molar-refractivity contribution is -0.154. The lowest BCUT2D eigenvalue weighted by Gasteiger charge is -2.17. The van der Waals surface area contributed by atoms with E-state index in [0.29, 0.717) is 0 Å². The molecule has 0 rings (SSSR count). The fourth-order valence-electron chi connectivity index (χ4n) is 1.01. The van der Waals surface area contributed by atoms with Crippen LogP contribution in [0, 0.1) is 0 Å². The summed E-state index contributed by atoms with van der Waals surface area (Å²) in [6.07, 6.45) is -5.86. The summed E-state index contributed by atoms with van der Waals surface area (Å²) >= 11 is 0. The number of carbonyl (C=O) groups excluding carboxylic acids is 1. The van der Waals surface area contributed by atoms with Crippen LogP contribution in [0.5, 0.6) is 0 Å². The molecule has 1 unspecified atom stereocenters. The molecular formula is C8H14F3NO3.